The molecular formula is C19H22O4. The fraction of sp³-hybridized carbons (Fsp3) is 0.368. The summed E-state index contributed by atoms with van der Waals surface area (Å²) in [5, 5.41) is 29.6. The van der Waals surface area contributed by atoms with Crippen LogP contribution in [0.4, 0.5) is 0 Å². The molecule has 2 aromatic carbocycles. The van der Waals surface area contributed by atoms with Crippen molar-refractivity contribution in [3.63, 3.8) is 0 Å². The third-order valence-corrected chi connectivity index (χ3v) is 5.10. The summed E-state index contributed by atoms with van der Waals surface area (Å²) >= 11 is 0. The van der Waals surface area contributed by atoms with Crippen molar-refractivity contribution >= 4 is 0 Å². The number of phenolic OH excluding ortho intramolecular Hbond substituents is 3. The average Bonchev–Trinajstić information content (AvgIpc) is 2.52. The molecule has 0 saturated carbocycles. The van der Waals surface area contributed by atoms with Crippen molar-refractivity contribution in [2.45, 2.75) is 26.2 Å². The van der Waals surface area contributed by atoms with Gasteiger partial charge in [0, 0.05) is 5.92 Å². The number of aromatic hydroxyl groups is 3. The summed E-state index contributed by atoms with van der Waals surface area (Å²) < 4.78 is 5.23. The fourth-order valence-corrected chi connectivity index (χ4v) is 3.62. The summed E-state index contributed by atoms with van der Waals surface area (Å²) in [6.45, 7) is 4.39. The highest BCUT2D eigenvalue weighted by Gasteiger charge is 2.34. The number of hydrogen-bond donors (Lipinski definition) is 3. The highest BCUT2D eigenvalue weighted by Crippen LogP contribution is 2.47. The zero-order chi connectivity index (χ0) is 16.7. The predicted molar refractivity (Wildman–Crippen MR) is 88.3 cm³/mol. The molecular weight excluding hydrogens is 292 g/mol. The Hall–Kier alpha value is -2.36. The number of fused-ring (bicyclic) bond motifs is 1. The van der Waals surface area contributed by atoms with Gasteiger partial charge in [0.2, 0.25) is 0 Å². The minimum atomic E-state index is -0.122. The van der Waals surface area contributed by atoms with Gasteiger partial charge < -0.3 is 20.1 Å². The topological polar surface area (TPSA) is 69.9 Å². The molecule has 2 aromatic rings. The molecule has 122 valence electrons. The molecule has 0 amide bonds. The van der Waals surface area contributed by atoms with Crippen molar-refractivity contribution in [2.24, 2.45) is 11.8 Å². The molecule has 0 unspecified atom stereocenters. The van der Waals surface area contributed by atoms with Gasteiger partial charge in [-0.15, -0.1) is 0 Å². The lowest BCUT2D eigenvalue weighted by atomic mass is 9.68. The zero-order valence-electron chi connectivity index (χ0n) is 13.6. The maximum absolute atomic E-state index is 10.2. The molecule has 0 radical (unpaired) electrons. The lowest BCUT2D eigenvalue weighted by Crippen LogP contribution is -2.26. The Morgan fingerprint density at radius 3 is 2.35 bits per heavy atom. The molecule has 23 heavy (non-hydrogen) atoms. The Bertz CT molecular complexity index is 738. The van der Waals surface area contributed by atoms with Gasteiger partial charge in [0.25, 0.3) is 0 Å². The number of ether oxygens (including phenoxy) is 1. The summed E-state index contributed by atoms with van der Waals surface area (Å²) in [7, 11) is 1.55. The van der Waals surface area contributed by atoms with Crippen LogP contribution in [0.1, 0.15) is 36.5 Å². The van der Waals surface area contributed by atoms with E-state index in [1.807, 2.05) is 12.1 Å². The van der Waals surface area contributed by atoms with Gasteiger partial charge in [0.1, 0.15) is 0 Å². The van der Waals surface area contributed by atoms with Gasteiger partial charge in [-0.1, -0.05) is 19.9 Å². The van der Waals surface area contributed by atoms with Crippen LogP contribution in [0.15, 0.2) is 30.3 Å². The van der Waals surface area contributed by atoms with Crippen LogP contribution in [0, 0.1) is 11.8 Å². The molecule has 0 bridgehead atoms. The summed E-state index contributed by atoms with van der Waals surface area (Å²) in [5.41, 5.74) is 3.15. The average molecular weight is 314 g/mol. The maximum Gasteiger partial charge on any atom is 0.160 e. The number of phenols is 3. The lowest BCUT2D eigenvalue weighted by molar-refractivity contribution is 0.319. The monoisotopic (exact) mass is 314 g/mol. The van der Waals surface area contributed by atoms with Crippen LogP contribution in [0.5, 0.6) is 23.0 Å². The molecule has 4 nitrogen and oxygen atoms in total. The van der Waals surface area contributed by atoms with Crippen LogP contribution in [-0.4, -0.2) is 22.4 Å². The lowest BCUT2D eigenvalue weighted by Gasteiger charge is -2.37. The number of rotatable bonds is 2. The van der Waals surface area contributed by atoms with Crippen molar-refractivity contribution in [1.82, 2.24) is 0 Å². The van der Waals surface area contributed by atoms with Gasteiger partial charge in [0.15, 0.2) is 23.0 Å². The zero-order valence-corrected chi connectivity index (χ0v) is 13.6. The Kier molecular flexibility index (Phi) is 3.84. The van der Waals surface area contributed by atoms with Crippen LogP contribution < -0.4 is 4.74 Å². The van der Waals surface area contributed by atoms with Gasteiger partial charge in [-0.25, -0.2) is 0 Å². The fourth-order valence-electron chi connectivity index (χ4n) is 3.62. The molecule has 3 atom stereocenters. The maximum atomic E-state index is 10.2. The molecule has 3 rings (SSSR count). The Morgan fingerprint density at radius 1 is 0.957 bits per heavy atom. The SMILES string of the molecule is COc1cc2c(cc1O)[C@@H](c1ccc(O)c(O)c1)[C@H](C)[C@H](C)C2. The van der Waals surface area contributed by atoms with E-state index in [-0.39, 0.29) is 23.2 Å². The Morgan fingerprint density at radius 2 is 1.70 bits per heavy atom. The first-order valence-corrected chi connectivity index (χ1v) is 7.84. The summed E-state index contributed by atoms with van der Waals surface area (Å²) in [6.07, 6.45) is 0.924. The smallest absolute Gasteiger partial charge is 0.160 e. The predicted octanol–water partition coefficient (Wildman–Crippen LogP) is 3.77. The Balaban J connectivity index is 2.16. The van der Waals surface area contributed by atoms with E-state index in [0.29, 0.717) is 17.6 Å². The largest absolute Gasteiger partial charge is 0.504 e. The second kappa shape index (κ2) is 5.69. The van der Waals surface area contributed by atoms with E-state index >= 15 is 0 Å². The molecule has 4 heteroatoms. The van der Waals surface area contributed by atoms with Crippen molar-refractivity contribution in [2.75, 3.05) is 7.11 Å². The van der Waals surface area contributed by atoms with Crippen LogP contribution in [0.3, 0.4) is 0 Å². The molecule has 0 aliphatic heterocycles. The standard InChI is InChI=1S/C19H22O4/c1-10-6-13-8-18(23-3)17(22)9-14(13)19(11(10)2)12-4-5-15(20)16(21)7-12/h4-5,7-11,19-22H,6H2,1-3H3/t10-,11-,19-/m1/s1. The number of methoxy groups -OCH3 is 1. The third-order valence-electron chi connectivity index (χ3n) is 5.10. The van der Waals surface area contributed by atoms with E-state index in [4.69, 9.17) is 4.74 Å². The second-order valence-electron chi connectivity index (χ2n) is 6.49. The Labute approximate surface area is 136 Å². The van der Waals surface area contributed by atoms with E-state index in [9.17, 15) is 15.3 Å². The highest BCUT2D eigenvalue weighted by atomic mass is 16.5. The minimum Gasteiger partial charge on any atom is -0.504 e. The van der Waals surface area contributed by atoms with Crippen molar-refractivity contribution in [1.29, 1.82) is 0 Å². The molecule has 3 N–H and O–H groups in total. The highest BCUT2D eigenvalue weighted by molar-refractivity contribution is 5.53. The van der Waals surface area contributed by atoms with Gasteiger partial charge in [-0.3, -0.25) is 0 Å². The quantitative estimate of drug-likeness (QED) is 0.738. The summed E-state index contributed by atoms with van der Waals surface area (Å²) in [6, 6.07) is 8.63. The first-order chi connectivity index (χ1) is 10.9. The van der Waals surface area contributed by atoms with Crippen molar-refractivity contribution < 1.29 is 20.1 Å². The summed E-state index contributed by atoms with van der Waals surface area (Å²) in [5.74, 6) is 1.23. The molecule has 1 aliphatic rings. The van der Waals surface area contributed by atoms with E-state index in [1.54, 1.807) is 19.2 Å². The van der Waals surface area contributed by atoms with Crippen LogP contribution in [0.2, 0.25) is 0 Å². The molecule has 0 heterocycles. The minimum absolute atomic E-state index is 0.0528. The third kappa shape index (κ3) is 2.58. The van der Waals surface area contributed by atoms with Crippen LogP contribution in [0.25, 0.3) is 0 Å². The number of benzene rings is 2. The van der Waals surface area contributed by atoms with Crippen molar-refractivity contribution in [3.8, 4) is 23.0 Å². The molecule has 0 fully saturated rings. The van der Waals surface area contributed by atoms with E-state index < -0.39 is 0 Å². The first kappa shape index (κ1) is 15.5. The van der Waals surface area contributed by atoms with Crippen molar-refractivity contribution in [3.05, 3.63) is 47.0 Å². The van der Waals surface area contributed by atoms with E-state index in [0.717, 1.165) is 23.1 Å². The molecule has 0 spiro atoms. The van der Waals surface area contributed by atoms with Gasteiger partial charge in [-0.05, 0) is 59.2 Å². The molecule has 0 aromatic heterocycles. The van der Waals surface area contributed by atoms with E-state index in [2.05, 4.69) is 13.8 Å². The first-order valence-electron chi connectivity index (χ1n) is 7.84. The van der Waals surface area contributed by atoms with Gasteiger partial charge in [-0.2, -0.15) is 0 Å². The molecule has 0 saturated heterocycles. The second-order valence-corrected chi connectivity index (χ2v) is 6.49. The van der Waals surface area contributed by atoms with Gasteiger partial charge in [0.05, 0.1) is 7.11 Å². The normalized spacial score (nSPS) is 23.3. The summed E-state index contributed by atoms with van der Waals surface area (Å²) in [4.78, 5) is 0. The van der Waals surface area contributed by atoms with Crippen LogP contribution in [-0.2, 0) is 6.42 Å². The van der Waals surface area contributed by atoms with E-state index in [1.165, 1.54) is 6.07 Å². The van der Waals surface area contributed by atoms with Gasteiger partial charge >= 0.3 is 0 Å². The number of hydrogen-bond acceptors (Lipinski definition) is 4. The van der Waals surface area contributed by atoms with Crippen LogP contribution >= 0.6 is 0 Å². The molecule has 1 aliphatic carbocycles.